The maximum absolute atomic E-state index is 9.16. The van der Waals surface area contributed by atoms with Gasteiger partial charge in [-0.1, -0.05) is 0 Å². The smallest absolute Gasteiger partial charge is 0.432 e. The van der Waals surface area contributed by atoms with Gasteiger partial charge in [-0.25, -0.2) is 0 Å². The van der Waals surface area contributed by atoms with E-state index in [2.05, 4.69) is 23.7 Å². The van der Waals surface area contributed by atoms with Crippen LogP contribution >= 0.6 is 0 Å². The summed E-state index contributed by atoms with van der Waals surface area (Å²) >= 11 is 0. The number of ether oxygens (including phenoxy) is 2. The SMILES string of the molecule is CCOc1cc(N(CC)CC)cc([N+]#N)c1OCC. The van der Waals surface area contributed by atoms with Crippen molar-refractivity contribution in [3.05, 3.63) is 17.1 Å². The largest absolute Gasteiger partial charge is 0.490 e. The van der Waals surface area contributed by atoms with Gasteiger partial charge in [0.2, 0.25) is 5.39 Å². The van der Waals surface area contributed by atoms with Crippen molar-refractivity contribution in [1.82, 2.24) is 0 Å². The summed E-state index contributed by atoms with van der Waals surface area (Å²) in [5, 5.41) is 9.16. The van der Waals surface area contributed by atoms with E-state index in [1.54, 1.807) is 6.07 Å². The molecule has 0 bridgehead atoms. The van der Waals surface area contributed by atoms with Crippen LogP contribution in [-0.2, 0) is 0 Å². The molecule has 1 rings (SSSR count). The molecule has 104 valence electrons. The van der Waals surface area contributed by atoms with Crippen LogP contribution < -0.4 is 14.4 Å². The van der Waals surface area contributed by atoms with E-state index in [0.29, 0.717) is 30.4 Å². The van der Waals surface area contributed by atoms with Crippen LogP contribution in [0.2, 0.25) is 0 Å². The highest BCUT2D eigenvalue weighted by Gasteiger charge is 2.24. The molecule has 0 spiro atoms. The summed E-state index contributed by atoms with van der Waals surface area (Å²) in [5.74, 6) is 1.10. The molecule has 0 unspecified atom stereocenters. The number of diazo groups is 1. The lowest BCUT2D eigenvalue weighted by molar-refractivity contribution is 0.289. The van der Waals surface area contributed by atoms with Gasteiger partial charge >= 0.3 is 5.69 Å². The first-order chi connectivity index (χ1) is 9.21. The number of benzene rings is 1. The van der Waals surface area contributed by atoms with E-state index < -0.39 is 0 Å². The summed E-state index contributed by atoms with van der Waals surface area (Å²) in [7, 11) is 0. The molecule has 0 amide bonds. The van der Waals surface area contributed by atoms with E-state index in [1.807, 2.05) is 19.9 Å². The summed E-state index contributed by atoms with van der Waals surface area (Å²) in [6, 6.07) is 3.73. The van der Waals surface area contributed by atoms with Gasteiger partial charge < -0.3 is 14.4 Å². The molecule has 0 fully saturated rings. The summed E-state index contributed by atoms with van der Waals surface area (Å²) in [6.07, 6.45) is 0. The monoisotopic (exact) mass is 264 g/mol. The molecular formula is C14H22N3O2+. The second-order valence-electron chi connectivity index (χ2n) is 3.93. The van der Waals surface area contributed by atoms with Crippen LogP contribution in [0.4, 0.5) is 11.4 Å². The van der Waals surface area contributed by atoms with Crippen LogP contribution in [0.1, 0.15) is 27.7 Å². The maximum Gasteiger partial charge on any atom is 0.432 e. The Kier molecular flexibility index (Phi) is 5.94. The fourth-order valence-corrected chi connectivity index (χ4v) is 1.97. The molecule has 1 aromatic carbocycles. The number of hydrogen-bond acceptors (Lipinski definition) is 4. The third-order valence-electron chi connectivity index (χ3n) is 2.84. The first kappa shape index (κ1) is 15.1. The second-order valence-corrected chi connectivity index (χ2v) is 3.93. The molecule has 0 aromatic heterocycles. The van der Waals surface area contributed by atoms with E-state index in [1.165, 1.54) is 0 Å². The number of rotatable bonds is 7. The minimum absolute atomic E-state index is 0.398. The molecule has 1 aromatic rings. The standard InChI is InChI=1S/C14H22N3O2/c1-5-17(6-2)11-9-12(16-15)14(19-8-4)13(10-11)18-7-3/h9-10H,5-8H2,1-4H3/q+1. The van der Waals surface area contributed by atoms with Gasteiger partial charge in [0, 0.05) is 24.8 Å². The van der Waals surface area contributed by atoms with Gasteiger partial charge in [-0.05, 0) is 27.7 Å². The van der Waals surface area contributed by atoms with Crippen LogP contribution in [0, 0.1) is 5.39 Å². The quantitative estimate of drug-likeness (QED) is 0.702. The van der Waals surface area contributed by atoms with Crippen molar-refractivity contribution >= 4 is 11.4 Å². The van der Waals surface area contributed by atoms with E-state index in [9.17, 15) is 0 Å². The fraction of sp³-hybridized carbons (Fsp3) is 0.571. The Labute approximate surface area is 114 Å². The van der Waals surface area contributed by atoms with Crippen molar-refractivity contribution in [1.29, 1.82) is 5.39 Å². The summed E-state index contributed by atoms with van der Waals surface area (Å²) in [6.45, 7) is 10.7. The Balaban J connectivity index is 3.31. The highest BCUT2D eigenvalue weighted by molar-refractivity contribution is 5.72. The average Bonchev–Trinajstić information content (AvgIpc) is 2.43. The first-order valence-corrected chi connectivity index (χ1v) is 6.75. The fourth-order valence-electron chi connectivity index (χ4n) is 1.97. The van der Waals surface area contributed by atoms with Crippen molar-refractivity contribution < 1.29 is 9.47 Å². The lowest BCUT2D eigenvalue weighted by Crippen LogP contribution is -2.21. The van der Waals surface area contributed by atoms with Crippen molar-refractivity contribution in [3.8, 4) is 11.5 Å². The molecule has 0 saturated carbocycles. The van der Waals surface area contributed by atoms with Crippen molar-refractivity contribution in [2.75, 3.05) is 31.2 Å². The van der Waals surface area contributed by atoms with Crippen LogP contribution in [0.3, 0.4) is 0 Å². The van der Waals surface area contributed by atoms with Crippen molar-refractivity contribution in [3.63, 3.8) is 0 Å². The van der Waals surface area contributed by atoms with E-state index in [4.69, 9.17) is 14.9 Å². The van der Waals surface area contributed by atoms with Gasteiger partial charge in [0.05, 0.1) is 19.3 Å². The number of anilines is 1. The molecule has 0 aliphatic rings. The van der Waals surface area contributed by atoms with Gasteiger partial charge in [0.15, 0.2) is 10.7 Å². The normalized spacial score (nSPS) is 9.84. The number of hydrogen-bond donors (Lipinski definition) is 0. The predicted molar refractivity (Wildman–Crippen MR) is 77.1 cm³/mol. The van der Waals surface area contributed by atoms with E-state index in [0.717, 1.165) is 18.8 Å². The third-order valence-corrected chi connectivity index (χ3v) is 2.84. The minimum Gasteiger partial charge on any atom is -0.490 e. The maximum atomic E-state index is 9.16. The van der Waals surface area contributed by atoms with Crippen molar-refractivity contribution in [2.24, 2.45) is 0 Å². The lowest BCUT2D eigenvalue weighted by Gasteiger charge is -2.21. The Morgan fingerprint density at radius 1 is 1.05 bits per heavy atom. The zero-order chi connectivity index (χ0) is 14.3. The summed E-state index contributed by atoms with van der Waals surface area (Å²) in [5.41, 5.74) is 1.36. The molecular weight excluding hydrogens is 242 g/mol. The average molecular weight is 264 g/mol. The van der Waals surface area contributed by atoms with Gasteiger partial charge in [-0.3, -0.25) is 0 Å². The molecule has 0 radical (unpaired) electrons. The van der Waals surface area contributed by atoms with Gasteiger partial charge in [-0.15, -0.1) is 0 Å². The summed E-state index contributed by atoms with van der Waals surface area (Å²) < 4.78 is 11.1. The second kappa shape index (κ2) is 7.47. The van der Waals surface area contributed by atoms with Crippen molar-refractivity contribution in [2.45, 2.75) is 27.7 Å². The van der Waals surface area contributed by atoms with Gasteiger partial charge in [0.25, 0.3) is 5.75 Å². The topological polar surface area (TPSA) is 49.9 Å². The van der Waals surface area contributed by atoms with Gasteiger partial charge in [0.1, 0.15) is 0 Å². The first-order valence-electron chi connectivity index (χ1n) is 6.75. The van der Waals surface area contributed by atoms with E-state index in [-0.39, 0.29) is 0 Å². The Morgan fingerprint density at radius 2 is 1.68 bits per heavy atom. The van der Waals surface area contributed by atoms with Crippen LogP contribution in [-0.4, -0.2) is 26.3 Å². The Hall–Kier alpha value is -1.96. The zero-order valence-electron chi connectivity index (χ0n) is 12.1. The molecule has 5 heteroatoms. The van der Waals surface area contributed by atoms with Crippen LogP contribution in [0.5, 0.6) is 11.5 Å². The Bertz CT molecular complexity index is 451. The van der Waals surface area contributed by atoms with E-state index >= 15 is 0 Å². The Morgan fingerprint density at radius 3 is 2.16 bits per heavy atom. The molecule has 0 aliphatic carbocycles. The van der Waals surface area contributed by atoms with Gasteiger partial charge in [-0.2, -0.15) is 0 Å². The number of nitrogens with zero attached hydrogens (tertiary/aromatic N) is 3. The predicted octanol–water partition coefficient (Wildman–Crippen LogP) is 3.81. The molecule has 0 aliphatic heterocycles. The lowest BCUT2D eigenvalue weighted by atomic mass is 10.2. The highest BCUT2D eigenvalue weighted by Crippen LogP contribution is 2.41. The molecule has 0 heterocycles. The molecule has 5 nitrogen and oxygen atoms in total. The molecule has 0 atom stereocenters. The highest BCUT2D eigenvalue weighted by atomic mass is 16.5. The molecule has 0 saturated heterocycles. The third kappa shape index (κ3) is 3.50. The zero-order valence-corrected chi connectivity index (χ0v) is 12.1. The van der Waals surface area contributed by atoms with Crippen LogP contribution in [0.25, 0.3) is 4.98 Å². The minimum atomic E-state index is 0.398. The summed E-state index contributed by atoms with van der Waals surface area (Å²) in [4.78, 5) is 5.47. The molecule has 19 heavy (non-hydrogen) atoms. The van der Waals surface area contributed by atoms with Crippen LogP contribution in [0.15, 0.2) is 12.1 Å². The molecule has 0 N–H and O–H groups in total.